The molecular formula is C22H24N4O5. The summed E-state index contributed by atoms with van der Waals surface area (Å²) in [5, 5.41) is 13.5. The van der Waals surface area contributed by atoms with E-state index in [1.807, 2.05) is 60.7 Å². The van der Waals surface area contributed by atoms with Crippen LogP contribution in [0.3, 0.4) is 0 Å². The number of aromatic nitrogens is 2. The van der Waals surface area contributed by atoms with Gasteiger partial charge in [-0.1, -0.05) is 65.8 Å². The fraction of sp³-hybridized carbons (Fsp3) is 0.273. The van der Waals surface area contributed by atoms with Crippen molar-refractivity contribution in [1.29, 1.82) is 0 Å². The number of hydrogen-bond acceptors (Lipinski definition) is 8. The molecule has 2 aromatic carbocycles. The number of nitrogens with zero attached hydrogens (tertiary/aromatic N) is 2. The van der Waals surface area contributed by atoms with Crippen LogP contribution in [0, 0.1) is 0 Å². The Morgan fingerprint density at radius 2 is 1.65 bits per heavy atom. The number of esters is 1. The molecule has 0 spiro atoms. The van der Waals surface area contributed by atoms with E-state index in [4.69, 9.17) is 9.15 Å². The van der Waals surface area contributed by atoms with E-state index in [2.05, 4.69) is 25.6 Å². The Hall–Kier alpha value is -3.88. The fourth-order valence-electron chi connectivity index (χ4n) is 2.81. The molecule has 0 saturated carbocycles. The lowest BCUT2D eigenvalue weighted by Crippen LogP contribution is -2.30. The minimum Gasteiger partial charge on any atom is -0.467 e. The third-order valence-corrected chi connectivity index (χ3v) is 4.42. The van der Waals surface area contributed by atoms with Gasteiger partial charge in [0.15, 0.2) is 0 Å². The van der Waals surface area contributed by atoms with Gasteiger partial charge < -0.3 is 24.5 Å². The topological polar surface area (TPSA) is 116 Å². The third kappa shape index (κ3) is 6.56. The van der Waals surface area contributed by atoms with Crippen LogP contribution in [0.2, 0.25) is 0 Å². The summed E-state index contributed by atoms with van der Waals surface area (Å²) >= 11 is 0. The molecule has 1 aromatic heterocycles. The normalized spacial score (nSPS) is 12.5. The van der Waals surface area contributed by atoms with Crippen molar-refractivity contribution in [1.82, 2.24) is 15.5 Å². The molecule has 9 heteroatoms. The number of carbonyl (C=O) groups is 2. The van der Waals surface area contributed by atoms with E-state index in [1.54, 1.807) is 6.92 Å². The first-order valence-corrected chi connectivity index (χ1v) is 9.74. The average Bonchev–Trinajstić information content (AvgIpc) is 3.26. The number of ether oxygens (including phenoxy) is 2. The van der Waals surface area contributed by atoms with Crippen molar-refractivity contribution in [3.8, 4) is 0 Å². The van der Waals surface area contributed by atoms with Gasteiger partial charge in [0.2, 0.25) is 5.89 Å². The van der Waals surface area contributed by atoms with Crippen molar-refractivity contribution in [2.45, 2.75) is 32.0 Å². The lowest BCUT2D eigenvalue weighted by Gasteiger charge is -2.15. The molecule has 0 aliphatic carbocycles. The fourth-order valence-corrected chi connectivity index (χ4v) is 2.81. The number of methoxy groups -OCH3 is 1. The van der Waals surface area contributed by atoms with Crippen molar-refractivity contribution in [3.05, 3.63) is 77.7 Å². The summed E-state index contributed by atoms with van der Waals surface area (Å²) in [6.45, 7) is 1.74. The van der Waals surface area contributed by atoms with Gasteiger partial charge in [0.1, 0.15) is 18.7 Å². The maximum Gasteiger partial charge on any atom is 0.408 e. The van der Waals surface area contributed by atoms with Crippen molar-refractivity contribution in [3.63, 3.8) is 0 Å². The number of anilines is 1. The highest BCUT2D eigenvalue weighted by atomic mass is 16.5. The molecule has 3 rings (SSSR count). The van der Waals surface area contributed by atoms with E-state index in [0.717, 1.165) is 11.1 Å². The second-order valence-corrected chi connectivity index (χ2v) is 6.78. The van der Waals surface area contributed by atoms with Crippen LogP contribution < -0.4 is 10.6 Å². The summed E-state index contributed by atoms with van der Waals surface area (Å²) in [5.41, 5.74) is 1.84. The maximum atomic E-state index is 12.4. The van der Waals surface area contributed by atoms with Crippen molar-refractivity contribution in [2.24, 2.45) is 0 Å². The largest absolute Gasteiger partial charge is 0.467 e. The Morgan fingerprint density at radius 3 is 2.29 bits per heavy atom. The zero-order chi connectivity index (χ0) is 22.1. The molecule has 1 heterocycles. The van der Waals surface area contributed by atoms with Crippen LogP contribution in [0.4, 0.5) is 10.8 Å². The molecule has 0 aliphatic heterocycles. The van der Waals surface area contributed by atoms with Crippen LogP contribution in [-0.2, 0) is 27.3 Å². The first-order valence-electron chi connectivity index (χ1n) is 9.74. The first kappa shape index (κ1) is 21.8. The molecule has 0 bridgehead atoms. The average molecular weight is 424 g/mol. The van der Waals surface area contributed by atoms with Crippen LogP contribution in [0.5, 0.6) is 0 Å². The molecule has 31 heavy (non-hydrogen) atoms. The molecule has 3 aromatic rings. The summed E-state index contributed by atoms with van der Waals surface area (Å²) in [7, 11) is 1.29. The van der Waals surface area contributed by atoms with Crippen molar-refractivity contribution < 1.29 is 23.5 Å². The Morgan fingerprint density at radius 1 is 1.00 bits per heavy atom. The van der Waals surface area contributed by atoms with E-state index < -0.39 is 24.1 Å². The number of nitrogens with one attached hydrogen (secondary N) is 2. The molecule has 0 fully saturated rings. The first-order chi connectivity index (χ1) is 15.0. The zero-order valence-corrected chi connectivity index (χ0v) is 17.3. The van der Waals surface area contributed by atoms with Crippen LogP contribution in [0.1, 0.15) is 30.0 Å². The summed E-state index contributed by atoms with van der Waals surface area (Å²) in [5.74, 6) is -0.289. The summed E-state index contributed by atoms with van der Waals surface area (Å²) in [6.07, 6.45) is -0.199. The van der Waals surface area contributed by atoms with Gasteiger partial charge in [-0.15, -0.1) is 5.10 Å². The van der Waals surface area contributed by atoms with E-state index >= 15 is 0 Å². The highest BCUT2D eigenvalue weighted by molar-refractivity contribution is 5.77. The van der Waals surface area contributed by atoms with E-state index in [0.29, 0.717) is 6.42 Å². The molecule has 0 unspecified atom stereocenters. The predicted octanol–water partition coefficient (Wildman–Crippen LogP) is 3.25. The van der Waals surface area contributed by atoms with Gasteiger partial charge in [-0.2, -0.15) is 0 Å². The second-order valence-electron chi connectivity index (χ2n) is 6.78. The van der Waals surface area contributed by atoms with E-state index in [-0.39, 0.29) is 18.5 Å². The predicted molar refractivity (Wildman–Crippen MR) is 112 cm³/mol. The van der Waals surface area contributed by atoms with Gasteiger partial charge >= 0.3 is 18.1 Å². The Bertz CT molecular complexity index is 978. The number of hydrogen-bond donors (Lipinski definition) is 2. The number of alkyl carbamates (subject to hydrolysis) is 1. The monoisotopic (exact) mass is 424 g/mol. The third-order valence-electron chi connectivity index (χ3n) is 4.42. The molecule has 162 valence electrons. The molecule has 2 N–H and O–H groups in total. The number of carbonyl (C=O) groups excluding carboxylic acids is 2. The molecular weight excluding hydrogens is 400 g/mol. The quantitative estimate of drug-likeness (QED) is 0.503. The number of benzene rings is 2. The highest BCUT2D eigenvalue weighted by Crippen LogP contribution is 2.20. The van der Waals surface area contributed by atoms with Crippen molar-refractivity contribution in [2.75, 3.05) is 12.4 Å². The van der Waals surface area contributed by atoms with Gasteiger partial charge in [-0.25, -0.2) is 9.59 Å². The summed E-state index contributed by atoms with van der Waals surface area (Å²) in [6, 6.07) is 17.7. The lowest BCUT2D eigenvalue weighted by molar-refractivity contribution is -0.141. The number of amides is 1. The Balaban J connectivity index is 1.69. The molecule has 2 atom stereocenters. The SMILES string of the molecule is COC(=O)[C@@H](C)Nc1nnc([C@H](Cc2ccccc2)NC(=O)OCc2ccccc2)o1. The standard InChI is InChI=1S/C22H24N4O5/c1-15(20(27)29-2)23-21-26-25-19(31-21)18(13-16-9-5-3-6-10-16)24-22(28)30-14-17-11-7-4-8-12-17/h3-12,15,18H,13-14H2,1-2H3,(H,23,26)(H,24,28)/t15-,18+/m1/s1. The smallest absolute Gasteiger partial charge is 0.408 e. The summed E-state index contributed by atoms with van der Waals surface area (Å²) < 4.78 is 15.6. The zero-order valence-electron chi connectivity index (χ0n) is 17.3. The van der Waals surface area contributed by atoms with Crippen LogP contribution >= 0.6 is 0 Å². The van der Waals surface area contributed by atoms with Crippen LogP contribution in [-0.4, -0.2) is 35.4 Å². The molecule has 1 amide bonds. The Labute approximate surface area is 179 Å². The number of rotatable bonds is 9. The van der Waals surface area contributed by atoms with Crippen LogP contribution in [0.15, 0.2) is 65.1 Å². The molecule has 0 saturated heterocycles. The Kier molecular flexibility index (Phi) is 7.58. The minimum absolute atomic E-state index is 0.0467. The minimum atomic E-state index is -0.672. The van der Waals surface area contributed by atoms with Crippen LogP contribution in [0.25, 0.3) is 0 Å². The van der Waals surface area contributed by atoms with E-state index in [1.165, 1.54) is 7.11 Å². The van der Waals surface area contributed by atoms with E-state index in [9.17, 15) is 9.59 Å². The lowest BCUT2D eigenvalue weighted by atomic mass is 10.1. The van der Waals surface area contributed by atoms with Gasteiger partial charge in [0, 0.05) is 6.42 Å². The van der Waals surface area contributed by atoms with Gasteiger partial charge in [0.05, 0.1) is 7.11 Å². The molecule has 0 radical (unpaired) electrons. The molecule has 9 nitrogen and oxygen atoms in total. The van der Waals surface area contributed by atoms with Crippen molar-refractivity contribution >= 4 is 18.1 Å². The second kappa shape index (κ2) is 10.8. The maximum absolute atomic E-state index is 12.4. The van der Waals surface area contributed by atoms with Gasteiger partial charge in [-0.05, 0) is 18.1 Å². The molecule has 0 aliphatic rings. The highest BCUT2D eigenvalue weighted by Gasteiger charge is 2.24. The summed E-state index contributed by atoms with van der Waals surface area (Å²) in [4.78, 5) is 24.0. The van der Waals surface area contributed by atoms with Gasteiger partial charge in [-0.3, -0.25) is 0 Å². The van der Waals surface area contributed by atoms with Gasteiger partial charge in [0.25, 0.3) is 0 Å².